The lowest BCUT2D eigenvalue weighted by atomic mass is 10.0. The zero-order valence-corrected chi connectivity index (χ0v) is 19.3. The van der Waals surface area contributed by atoms with Gasteiger partial charge in [-0.05, 0) is 31.1 Å². The Morgan fingerprint density at radius 3 is 2.00 bits per heavy atom. The van der Waals surface area contributed by atoms with E-state index in [0.29, 0.717) is 18.8 Å². The second kappa shape index (κ2) is 17.1. The summed E-state index contributed by atoms with van der Waals surface area (Å²) in [6.07, 6.45) is 19.4. The van der Waals surface area contributed by atoms with Crippen molar-refractivity contribution in [1.82, 2.24) is 5.32 Å². The number of aliphatic hydroxyl groups is 2. The van der Waals surface area contributed by atoms with Crippen LogP contribution in [0.5, 0.6) is 0 Å². The minimum Gasteiger partial charge on any atom is -0.394 e. The smallest absolute Gasteiger partial charge is 0.220 e. The fourth-order valence-electron chi connectivity index (χ4n) is 4.40. The Hall–Kier alpha value is -0.610. The fraction of sp³-hybridized carbons (Fsp3) is 0.960. The van der Waals surface area contributed by atoms with Crippen LogP contribution in [-0.2, 0) is 4.79 Å². The van der Waals surface area contributed by atoms with Gasteiger partial charge in [0, 0.05) is 6.42 Å². The van der Waals surface area contributed by atoms with Crippen LogP contribution in [0, 0.1) is 11.8 Å². The number of hydrogen-bond donors (Lipinski definition) is 3. The zero-order chi connectivity index (χ0) is 21.3. The summed E-state index contributed by atoms with van der Waals surface area (Å²) in [4.78, 5) is 12.2. The first-order chi connectivity index (χ1) is 14.1. The lowest BCUT2D eigenvalue weighted by Gasteiger charge is -2.22. The molecule has 4 atom stereocenters. The van der Waals surface area contributed by atoms with Crippen molar-refractivity contribution in [3.63, 3.8) is 0 Å². The van der Waals surface area contributed by atoms with Crippen LogP contribution in [0.25, 0.3) is 0 Å². The molecule has 0 aromatic carbocycles. The van der Waals surface area contributed by atoms with Crippen LogP contribution < -0.4 is 5.32 Å². The summed E-state index contributed by atoms with van der Waals surface area (Å²) in [6.45, 7) is 4.29. The lowest BCUT2D eigenvalue weighted by Crippen LogP contribution is -2.46. The maximum atomic E-state index is 12.2. The van der Waals surface area contributed by atoms with Crippen LogP contribution in [0.1, 0.15) is 123 Å². The van der Waals surface area contributed by atoms with Gasteiger partial charge in [-0.3, -0.25) is 4.79 Å². The van der Waals surface area contributed by atoms with Gasteiger partial charge in [0.25, 0.3) is 0 Å². The van der Waals surface area contributed by atoms with Crippen molar-refractivity contribution < 1.29 is 15.0 Å². The molecule has 4 heteroatoms. The quantitative estimate of drug-likeness (QED) is 0.224. The van der Waals surface area contributed by atoms with Crippen molar-refractivity contribution in [3.05, 3.63) is 0 Å². The minimum absolute atomic E-state index is 0.0297. The standard InChI is InChI=1S/C25H49NO3/c1-3-5-7-9-10-11-12-13-15-17-25(29)26-23(20-27)24(28)19-22-18-21(22)16-14-8-6-4-2/h21-24,27-28H,3-20H2,1-2H3,(H,26,29)/t21?,22?,23-,24+/m0/s1. The highest BCUT2D eigenvalue weighted by molar-refractivity contribution is 5.76. The predicted octanol–water partition coefficient (Wildman–Crippen LogP) is 5.74. The molecule has 0 aromatic heterocycles. The van der Waals surface area contributed by atoms with Crippen LogP contribution in [-0.4, -0.2) is 34.9 Å². The number of carbonyl (C=O) groups excluding carboxylic acids is 1. The van der Waals surface area contributed by atoms with Crippen molar-refractivity contribution >= 4 is 5.91 Å². The minimum atomic E-state index is -0.627. The third-order valence-corrected chi connectivity index (χ3v) is 6.56. The van der Waals surface area contributed by atoms with E-state index in [1.807, 2.05) is 0 Å². The average molecular weight is 412 g/mol. The van der Waals surface area contributed by atoms with Crippen LogP contribution in [0.4, 0.5) is 0 Å². The molecule has 1 amide bonds. The maximum absolute atomic E-state index is 12.2. The predicted molar refractivity (Wildman–Crippen MR) is 122 cm³/mol. The van der Waals surface area contributed by atoms with Crippen LogP contribution in [0.2, 0.25) is 0 Å². The topological polar surface area (TPSA) is 69.6 Å². The number of amides is 1. The van der Waals surface area contributed by atoms with E-state index in [1.54, 1.807) is 0 Å². The van der Waals surface area contributed by atoms with Crippen molar-refractivity contribution in [2.45, 2.75) is 135 Å². The number of unbranched alkanes of at least 4 members (excludes halogenated alkanes) is 11. The van der Waals surface area contributed by atoms with Crippen molar-refractivity contribution in [2.24, 2.45) is 11.8 Å². The van der Waals surface area contributed by atoms with Gasteiger partial charge in [-0.1, -0.05) is 97.3 Å². The molecule has 0 aromatic rings. The molecule has 0 heterocycles. The van der Waals surface area contributed by atoms with E-state index in [4.69, 9.17) is 0 Å². The molecular weight excluding hydrogens is 362 g/mol. The number of rotatable bonds is 20. The summed E-state index contributed by atoms with van der Waals surface area (Å²) < 4.78 is 0. The van der Waals surface area contributed by atoms with Gasteiger partial charge in [0.1, 0.15) is 0 Å². The highest BCUT2D eigenvalue weighted by Crippen LogP contribution is 2.45. The van der Waals surface area contributed by atoms with E-state index < -0.39 is 12.1 Å². The first kappa shape index (κ1) is 26.4. The summed E-state index contributed by atoms with van der Waals surface area (Å²) in [6, 6.07) is -0.512. The van der Waals surface area contributed by atoms with Crippen molar-refractivity contribution in [2.75, 3.05) is 6.61 Å². The molecule has 3 N–H and O–H groups in total. The number of nitrogens with one attached hydrogen (secondary N) is 1. The van der Waals surface area contributed by atoms with Crippen LogP contribution in [0.15, 0.2) is 0 Å². The van der Waals surface area contributed by atoms with Gasteiger partial charge in [-0.2, -0.15) is 0 Å². The van der Waals surface area contributed by atoms with Gasteiger partial charge >= 0.3 is 0 Å². The molecular formula is C25H49NO3. The highest BCUT2D eigenvalue weighted by Gasteiger charge is 2.38. The summed E-state index contributed by atoms with van der Waals surface area (Å²) in [5, 5.41) is 22.9. The highest BCUT2D eigenvalue weighted by atomic mass is 16.3. The molecule has 172 valence electrons. The lowest BCUT2D eigenvalue weighted by molar-refractivity contribution is -0.123. The van der Waals surface area contributed by atoms with Gasteiger partial charge < -0.3 is 15.5 Å². The first-order valence-corrected chi connectivity index (χ1v) is 12.7. The molecule has 2 unspecified atom stereocenters. The van der Waals surface area contributed by atoms with E-state index in [0.717, 1.165) is 18.8 Å². The van der Waals surface area contributed by atoms with E-state index in [2.05, 4.69) is 19.2 Å². The summed E-state index contributed by atoms with van der Waals surface area (Å²) >= 11 is 0. The van der Waals surface area contributed by atoms with Gasteiger partial charge in [0.2, 0.25) is 5.91 Å². The van der Waals surface area contributed by atoms with Crippen molar-refractivity contribution in [1.29, 1.82) is 0 Å². The number of hydrogen-bond acceptors (Lipinski definition) is 3. The zero-order valence-electron chi connectivity index (χ0n) is 19.3. The molecule has 1 rings (SSSR count). The van der Waals surface area contributed by atoms with Crippen LogP contribution in [0.3, 0.4) is 0 Å². The van der Waals surface area contributed by atoms with Gasteiger partial charge in [-0.25, -0.2) is 0 Å². The van der Waals surface area contributed by atoms with E-state index in [9.17, 15) is 15.0 Å². The maximum Gasteiger partial charge on any atom is 0.220 e. The number of aliphatic hydroxyl groups excluding tert-OH is 2. The molecule has 0 radical (unpaired) electrons. The fourth-order valence-corrected chi connectivity index (χ4v) is 4.40. The largest absolute Gasteiger partial charge is 0.394 e. The molecule has 1 aliphatic carbocycles. The Bertz CT molecular complexity index is 402. The Balaban J connectivity index is 2.06. The second-order valence-electron chi connectivity index (χ2n) is 9.34. The van der Waals surface area contributed by atoms with Gasteiger partial charge in [-0.15, -0.1) is 0 Å². The SMILES string of the molecule is CCCCCCCCCCCC(=O)N[C@@H](CO)[C@H](O)CC1CC1CCCCCC. The third-order valence-electron chi connectivity index (χ3n) is 6.56. The molecule has 29 heavy (non-hydrogen) atoms. The van der Waals surface area contributed by atoms with E-state index in [1.165, 1.54) is 83.5 Å². The first-order valence-electron chi connectivity index (χ1n) is 12.7. The molecule has 0 spiro atoms. The van der Waals surface area contributed by atoms with Gasteiger partial charge in [0.15, 0.2) is 0 Å². The second-order valence-corrected chi connectivity index (χ2v) is 9.34. The van der Waals surface area contributed by atoms with E-state index >= 15 is 0 Å². The molecule has 1 aliphatic rings. The molecule has 0 saturated heterocycles. The monoisotopic (exact) mass is 411 g/mol. The summed E-state index contributed by atoms with van der Waals surface area (Å²) in [7, 11) is 0. The molecule has 1 saturated carbocycles. The molecule has 1 fully saturated rings. The Kier molecular flexibility index (Phi) is 15.6. The Morgan fingerprint density at radius 2 is 1.41 bits per heavy atom. The molecule has 4 nitrogen and oxygen atoms in total. The summed E-state index contributed by atoms with van der Waals surface area (Å²) in [5.41, 5.74) is 0. The normalized spacial score (nSPS) is 20.4. The average Bonchev–Trinajstić information content (AvgIpc) is 3.45. The van der Waals surface area contributed by atoms with Gasteiger partial charge in [0.05, 0.1) is 18.8 Å². The third kappa shape index (κ3) is 13.3. The summed E-state index contributed by atoms with van der Waals surface area (Å²) in [5.74, 6) is 1.30. The Morgan fingerprint density at radius 1 is 0.862 bits per heavy atom. The number of carbonyl (C=O) groups is 1. The molecule has 0 bridgehead atoms. The van der Waals surface area contributed by atoms with Crippen molar-refractivity contribution in [3.8, 4) is 0 Å². The van der Waals surface area contributed by atoms with E-state index in [-0.39, 0.29) is 12.5 Å². The van der Waals surface area contributed by atoms with Crippen LogP contribution >= 0.6 is 0 Å². The molecule has 0 aliphatic heterocycles. The Labute approximate surface area is 180 Å².